The van der Waals surface area contributed by atoms with E-state index in [0.29, 0.717) is 16.8 Å². The third kappa shape index (κ3) is 5.29. The van der Waals surface area contributed by atoms with Crippen molar-refractivity contribution in [3.05, 3.63) is 83.3 Å². The molecule has 0 saturated heterocycles. The van der Waals surface area contributed by atoms with Crippen LogP contribution in [0.25, 0.3) is 11.3 Å². The number of Topliss-reactive ketones (excluding diaryl/α,β-unsaturated/α-hetero) is 1. The average molecular weight is 482 g/mol. The van der Waals surface area contributed by atoms with Gasteiger partial charge in [-0.2, -0.15) is 0 Å². The Labute approximate surface area is 176 Å². The Morgan fingerprint density at radius 2 is 1.77 bits per heavy atom. The number of carbonyl (C=O) groups is 2. The van der Waals surface area contributed by atoms with Gasteiger partial charge in [0.2, 0.25) is 4.69 Å². The van der Waals surface area contributed by atoms with E-state index in [4.69, 9.17) is 0 Å². The van der Waals surface area contributed by atoms with Crippen LogP contribution in [0, 0.1) is 5.82 Å². The van der Waals surface area contributed by atoms with E-state index in [1.807, 2.05) is 0 Å². The maximum absolute atomic E-state index is 13.8. The van der Waals surface area contributed by atoms with Crippen LogP contribution in [0.15, 0.2) is 60.8 Å². The second-order valence-electron chi connectivity index (χ2n) is 6.16. The number of rotatable bonds is 6. The van der Waals surface area contributed by atoms with Crippen LogP contribution >= 0.6 is 15.9 Å². The molecular formula is C21H12BrF4NO3. The van der Waals surface area contributed by atoms with Gasteiger partial charge in [-0.05, 0) is 57.9 Å². The van der Waals surface area contributed by atoms with Gasteiger partial charge < -0.3 is 4.74 Å². The standard InChI is InChI=1S/C21H12BrF4NO3/c22-20(29)15-10-13(6-8-19(15)30-21(24,25)26)18(28)9-12-5-7-17(27-11-12)14-3-1-2-4-16(14)23/h1-8,10-11H,9H2. The van der Waals surface area contributed by atoms with Gasteiger partial charge in [0.1, 0.15) is 11.6 Å². The normalized spacial score (nSPS) is 11.2. The number of carbonyl (C=O) groups excluding carboxylic acids is 2. The van der Waals surface area contributed by atoms with Crippen molar-refractivity contribution >= 4 is 26.4 Å². The van der Waals surface area contributed by atoms with Crippen molar-refractivity contribution in [3.63, 3.8) is 0 Å². The van der Waals surface area contributed by atoms with Crippen molar-refractivity contribution in [3.8, 4) is 17.0 Å². The lowest BCUT2D eigenvalue weighted by molar-refractivity contribution is -0.274. The molecule has 0 N–H and O–H groups in total. The fourth-order valence-electron chi connectivity index (χ4n) is 2.72. The van der Waals surface area contributed by atoms with Crippen LogP contribution in [-0.2, 0) is 6.42 Å². The first kappa shape index (κ1) is 21.6. The molecule has 0 fully saturated rings. The van der Waals surface area contributed by atoms with Crippen molar-refractivity contribution in [2.75, 3.05) is 0 Å². The lowest BCUT2D eigenvalue weighted by atomic mass is 10.0. The Kier molecular flexibility index (Phi) is 6.31. The predicted octanol–water partition coefficient (Wildman–Crippen LogP) is 5.75. The summed E-state index contributed by atoms with van der Waals surface area (Å²) in [5, 5.41) is 0. The van der Waals surface area contributed by atoms with E-state index in [1.165, 1.54) is 12.3 Å². The van der Waals surface area contributed by atoms with Crippen molar-refractivity contribution < 1.29 is 31.9 Å². The van der Waals surface area contributed by atoms with Crippen molar-refractivity contribution in [1.82, 2.24) is 4.98 Å². The van der Waals surface area contributed by atoms with E-state index in [1.54, 1.807) is 30.3 Å². The highest BCUT2D eigenvalue weighted by Crippen LogP contribution is 2.29. The molecule has 3 aromatic rings. The van der Waals surface area contributed by atoms with Crippen molar-refractivity contribution in [2.45, 2.75) is 12.8 Å². The predicted molar refractivity (Wildman–Crippen MR) is 104 cm³/mol. The van der Waals surface area contributed by atoms with Crippen LogP contribution in [0.2, 0.25) is 0 Å². The molecule has 0 radical (unpaired) electrons. The molecule has 4 nitrogen and oxygen atoms in total. The highest BCUT2D eigenvalue weighted by atomic mass is 79.9. The van der Waals surface area contributed by atoms with Gasteiger partial charge in [-0.3, -0.25) is 14.6 Å². The fourth-order valence-corrected chi connectivity index (χ4v) is 3.03. The highest BCUT2D eigenvalue weighted by Gasteiger charge is 2.33. The maximum atomic E-state index is 13.8. The van der Waals surface area contributed by atoms with Crippen LogP contribution < -0.4 is 4.74 Å². The number of hydrogen-bond donors (Lipinski definition) is 0. The second-order valence-corrected chi connectivity index (χ2v) is 6.88. The van der Waals surface area contributed by atoms with Gasteiger partial charge in [-0.1, -0.05) is 18.2 Å². The summed E-state index contributed by atoms with van der Waals surface area (Å²) in [6.45, 7) is 0. The van der Waals surface area contributed by atoms with E-state index in [-0.39, 0.29) is 12.0 Å². The average Bonchev–Trinajstić information content (AvgIpc) is 2.68. The number of ether oxygens (including phenoxy) is 1. The molecule has 0 amide bonds. The molecule has 0 unspecified atom stereocenters. The summed E-state index contributed by atoms with van der Waals surface area (Å²) in [5.74, 6) is -1.58. The Morgan fingerprint density at radius 3 is 2.37 bits per heavy atom. The van der Waals surface area contributed by atoms with Gasteiger partial charge in [0.15, 0.2) is 5.78 Å². The molecule has 0 atom stereocenters. The number of aromatic nitrogens is 1. The molecule has 2 aromatic carbocycles. The zero-order chi connectivity index (χ0) is 21.9. The van der Waals surface area contributed by atoms with Crippen LogP contribution in [0.5, 0.6) is 5.75 Å². The summed E-state index contributed by atoms with van der Waals surface area (Å²) in [4.78, 5) is 28.3. The summed E-state index contributed by atoms with van der Waals surface area (Å²) in [6.07, 6.45) is -3.67. The molecule has 0 aliphatic carbocycles. The highest BCUT2D eigenvalue weighted by molar-refractivity contribution is 9.18. The second kappa shape index (κ2) is 8.74. The first-order valence-corrected chi connectivity index (χ1v) is 9.26. The lowest BCUT2D eigenvalue weighted by Crippen LogP contribution is -2.19. The first-order valence-electron chi connectivity index (χ1n) is 8.47. The van der Waals surface area contributed by atoms with Crippen molar-refractivity contribution in [1.29, 1.82) is 0 Å². The topological polar surface area (TPSA) is 56.3 Å². The fraction of sp³-hybridized carbons (Fsp3) is 0.0952. The summed E-state index contributed by atoms with van der Waals surface area (Å²) in [6, 6.07) is 12.4. The Morgan fingerprint density at radius 1 is 1.03 bits per heavy atom. The van der Waals surface area contributed by atoms with Gasteiger partial charge >= 0.3 is 6.36 Å². The van der Waals surface area contributed by atoms with Crippen LogP contribution in [-0.4, -0.2) is 21.8 Å². The number of alkyl halides is 3. The van der Waals surface area contributed by atoms with Gasteiger partial charge in [0.25, 0.3) is 0 Å². The van der Waals surface area contributed by atoms with E-state index in [0.717, 1.165) is 18.2 Å². The first-order chi connectivity index (χ1) is 14.1. The molecule has 9 heteroatoms. The van der Waals surface area contributed by atoms with Gasteiger partial charge in [0.05, 0.1) is 11.3 Å². The van der Waals surface area contributed by atoms with Crippen LogP contribution in [0.1, 0.15) is 26.3 Å². The summed E-state index contributed by atoms with van der Waals surface area (Å²) in [5.41, 5.74) is 0.834. The summed E-state index contributed by atoms with van der Waals surface area (Å²) in [7, 11) is 0. The van der Waals surface area contributed by atoms with E-state index in [9.17, 15) is 27.2 Å². The third-order valence-corrected chi connectivity index (χ3v) is 4.51. The Hall–Kier alpha value is -3.07. The Balaban J connectivity index is 1.79. The molecular weight excluding hydrogens is 470 g/mol. The van der Waals surface area contributed by atoms with E-state index >= 15 is 0 Å². The number of benzene rings is 2. The van der Waals surface area contributed by atoms with Crippen LogP contribution in [0.4, 0.5) is 17.6 Å². The molecule has 1 heterocycles. The minimum absolute atomic E-state index is 0.0329. The molecule has 0 aliphatic rings. The molecule has 0 bridgehead atoms. The molecule has 0 spiro atoms. The maximum Gasteiger partial charge on any atom is 0.573 e. The number of nitrogens with zero attached hydrogens (tertiary/aromatic N) is 1. The van der Waals surface area contributed by atoms with Gasteiger partial charge in [-0.15, -0.1) is 13.2 Å². The lowest BCUT2D eigenvalue weighted by Gasteiger charge is -2.12. The molecule has 30 heavy (non-hydrogen) atoms. The Bertz CT molecular complexity index is 1100. The van der Waals surface area contributed by atoms with E-state index < -0.39 is 34.0 Å². The zero-order valence-electron chi connectivity index (χ0n) is 15.0. The molecule has 0 saturated carbocycles. The SMILES string of the molecule is O=C(Cc1ccc(-c2ccccc2F)nc1)c1ccc(OC(F)(F)F)c(C(=O)Br)c1. The molecule has 154 valence electrons. The quantitative estimate of drug-likeness (QED) is 0.255. The smallest absolute Gasteiger partial charge is 0.405 e. The molecule has 1 aromatic heterocycles. The molecule has 0 aliphatic heterocycles. The van der Waals surface area contributed by atoms with Crippen molar-refractivity contribution in [2.24, 2.45) is 0 Å². The van der Waals surface area contributed by atoms with E-state index in [2.05, 4.69) is 25.7 Å². The summed E-state index contributed by atoms with van der Waals surface area (Å²) >= 11 is 2.59. The molecule has 3 rings (SSSR count). The minimum Gasteiger partial charge on any atom is -0.405 e. The zero-order valence-corrected chi connectivity index (χ0v) is 16.6. The van der Waals surface area contributed by atoms with Gasteiger partial charge in [-0.25, -0.2) is 4.39 Å². The summed E-state index contributed by atoms with van der Waals surface area (Å²) < 4.78 is 54.2. The number of pyridine rings is 1. The largest absolute Gasteiger partial charge is 0.573 e. The number of hydrogen-bond acceptors (Lipinski definition) is 4. The number of halogens is 5. The monoisotopic (exact) mass is 481 g/mol. The minimum atomic E-state index is -4.98. The third-order valence-electron chi connectivity index (χ3n) is 4.08. The van der Waals surface area contributed by atoms with Crippen LogP contribution in [0.3, 0.4) is 0 Å². The number of ketones is 1. The van der Waals surface area contributed by atoms with Gasteiger partial charge in [0, 0.05) is 23.7 Å².